The molecule has 2 aliphatic rings. The van der Waals surface area contributed by atoms with E-state index < -0.39 is 0 Å². The third-order valence-electron chi connectivity index (χ3n) is 4.00. The number of hydrogen-bond acceptors (Lipinski definition) is 5. The molecule has 0 bridgehead atoms. The summed E-state index contributed by atoms with van der Waals surface area (Å²) in [5.74, 6) is 1.40. The lowest BCUT2D eigenvalue weighted by Crippen LogP contribution is -2.45. The molecule has 104 valence electrons. The highest BCUT2D eigenvalue weighted by atomic mass is 16.5. The van der Waals surface area contributed by atoms with Gasteiger partial charge in [-0.1, -0.05) is 12.8 Å². The van der Waals surface area contributed by atoms with E-state index in [2.05, 4.69) is 20.6 Å². The van der Waals surface area contributed by atoms with Gasteiger partial charge in [0.2, 0.25) is 5.95 Å². The molecule has 3 rings (SSSR count). The molecular formula is C14H22N4O. The van der Waals surface area contributed by atoms with Crippen LogP contribution < -0.4 is 10.6 Å². The second-order valence-corrected chi connectivity index (χ2v) is 5.43. The maximum absolute atomic E-state index is 5.41. The number of morpholine rings is 1. The Morgan fingerprint density at radius 1 is 1.26 bits per heavy atom. The Balaban J connectivity index is 1.50. The molecule has 0 radical (unpaired) electrons. The molecule has 1 saturated carbocycles. The molecule has 1 aromatic heterocycles. The number of ether oxygens (including phenoxy) is 1. The van der Waals surface area contributed by atoms with Crippen LogP contribution in [0.25, 0.3) is 0 Å². The summed E-state index contributed by atoms with van der Waals surface area (Å²) in [6.45, 7) is 3.30. The Hall–Kier alpha value is -1.20. The van der Waals surface area contributed by atoms with E-state index in [1.54, 1.807) is 0 Å². The van der Waals surface area contributed by atoms with E-state index in [4.69, 9.17) is 4.74 Å². The van der Waals surface area contributed by atoms with E-state index in [-0.39, 0.29) is 0 Å². The minimum atomic E-state index is 0.354. The molecule has 0 spiro atoms. The van der Waals surface area contributed by atoms with Gasteiger partial charge in [-0.25, -0.2) is 9.97 Å². The van der Waals surface area contributed by atoms with Crippen molar-refractivity contribution in [3.63, 3.8) is 0 Å². The fourth-order valence-electron chi connectivity index (χ4n) is 2.86. The third-order valence-corrected chi connectivity index (χ3v) is 4.00. The predicted molar refractivity (Wildman–Crippen MR) is 74.3 cm³/mol. The van der Waals surface area contributed by atoms with Crippen molar-refractivity contribution in [2.75, 3.05) is 31.6 Å². The van der Waals surface area contributed by atoms with Gasteiger partial charge < -0.3 is 15.4 Å². The maximum atomic E-state index is 5.41. The van der Waals surface area contributed by atoms with E-state index in [0.29, 0.717) is 17.9 Å². The second kappa shape index (κ2) is 6.30. The van der Waals surface area contributed by atoms with Crippen LogP contribution in [-0.2, 0) is 4.74 Å². The molecule has 1 atom stereocenters. The van der Waals surface area contributed by atoms with Gasteiger partial charge in [0, 0.05) is 31.5 Å². The summed E-state index contributed by atoms with van der Waals surface area (Å²) in [6, 6.07) is 0.354. The highest BCUT2D eigenvalue weighted by molar-refractivity contribution is 5.26. The van der Waals surface area contributed by atoms with Gasteiger partial charge in [0.15, 0.2) is 0 Å². The van der Waals surface area contributed by atoms with Crippen molar-refractivity contribution in [3.05, 3.63) is 18.0 Å². The summed E-state index contributed by atoms with van der Waals surface area (Å²) in [4.78, 5) is 8.83. The van der Waals surface area contributed by atoms with Gasteiger partial charge in [-0.3, -0.25) is 0 Å². The van der Waals surface area contributed by atoms with Crippen LogP contribution in [0.5, 0.6) is 0 Å². The first-order valence-corrected chi connectivity index (χ1v) is 7.29. The zero-order valence-corrected chi connectivity index (χ0v) is 11.3. The zero-order valence-electron chi connectivity index (χ0n) is 11.3. The lowest BCUT2D eigenvalue weighted by atomic mass is 10.0. The first-order valence-electron chi connectivity index (χ1n) is 7.29. The van der Waals surface area contributed by atoms with Crippen LogP contribution in [0.15, 0.2) is 12.4 Å². The lowest BCUT2D eigenvalue weighted by Gasteiger charge is -2.23. The summed E-state index contributed by atoms with van der Waals surface area (Å²) in [7, 11) is 0. The molecule has 2 heterocycles. The standard InChI is InChI=1S/C14H22N4O/c1-2-4-11(3-1)12-7-16-14(17-8-12)18-9-13-10-19-6-5-15-13/h7-8,11,13,15H,1-6,9-10H2,(H,16,17,18). The van der Waals surface area contributed by atoms with Gasteiger partial charge >= 0.3 is 0 Å². The highest BCUT2D eigenvalue weighted by Gasteiger charge is 2.18. The van der Waals surface area contributed by atoms with Gasteiger partial charge in [-0.2, -0.15) is 0 Å². The molecule has 2 N–H and O–H groups in total. The summed E-state index contributed by atoms with van der Waals surface area (Å²) >= 11 is 0. The topological polar surface area (TPSA) is 59.1 Å². The Morgan fingerprint density at radius 3 is 2.74 bits per heavy atom. The number of rotatable bonds is 4. The summed E-state index contributed by atoms with van der Waals surface area (Å²) in [6.07, 6.45) is 9.24. The number of hydrogen-bond donors (Lipinski definition) is 2. The van der Waals surface area contributed by atoms with E-state index >= 15 is 0 Å². The molecule has 19 heavy (non-hydrogen) atoms. The average molecular weight is 262 g/mol. The molecular weight excluding hydrogens is 240 g/mol. The third kappa shape index (κ3) is 3.42. The van der Waals surface area contributed by atoms with Crippen molar-refractivity contribution in [1.82, 2.24) is 15.3 Å². The molecule has 1 saturated heterocycles. The Bertz CT molecular complexity index is 383. The van der Waals surface area contributed by atoms with Crippen LogP contribution in [-0.4, -0.2) is 42.3 Å². The molecule has 1 aromatic rings. The molecule has 1 unspecified atom stereocenters. The fourth-order valence-corrected chi connectivity index (χ4v) is 2.86. The normalized spacial score (nSPS) is 24.5. The quantitative estimate of drug-likeness (QED) is 0.862. The summed E-state index contributed by atoms with van der Waals surface area (Å²) < 4.78 is 5.41. The SMILES string of the molecule is c1nc(NCC2COCCN2)ncc1C1CCCC1. The van der Waals surface area contributed by atoms with E-state index in [9.17, 15) is 0 Å². The van der Waals surface area contributed by atoms with Crippen molar-refractivity contribution in [3.8, 4) is 0 Å². The van der Waals surface area contributed by atoms with Gasteiger partial charge in [0.05, 0.1) is 13.2 Å². The van der Waals surface area contributed by atoms with Gasteiger partial charge in [-0.05, 0) is 24.3 Å². The number of anilines is 1. The van der Waals surface area contributed by atoms with Gasteiger partial charge in [0.1, 0.15) is 0 Å². The molecule has 1 aliphatic carbocycles. The molecule has 0 amide bonds. The maximum Gasteiger partial charge on any atom is 0.222 e. The van der Waals surface area contributed by atoms with Crippen LogP contribution in [0.4, 0.5) is 5.95 Å². The molecule has 1 aliphatic heterocycles. The second-order valence-electron chi connectivity index (χ2n) is 5.43. The van der Waals surface area contributed by atoms with Crippen molar-refractivity contribution in [2.24, 2.45) is 0 Å². The molecule has 5 nitrogen and oxygen atoms in total. The van der Waals surface area contributed by atoms with E-state index in [1.165, 1.54) is 31.2 Å². The van der Waals surface area contributed by atoms with Crippen LogP contribution >= 0.6 is 0 Å². The monoisotopic (exact) mass is 262 g/mol. The Morgan fingerprint density at radius 2 is 2.05 bits per heavy atom. The fraction of sp³-hybridized carbons (Fsp3) is 0.714. The largest absolute Gasteiger partial charge is 0.378 e. The summed E-state index contributed by atoms with van der Waals surface area (Å²) in [5.41, 5.74) is 1.29. The minimum absolute atomic E-state index is 0.354. The molecule has 2 fully saturated rings. The Labute approximate surface area is 114 Å². The van der Waals surface area contributed by atoms with Gasteiger partial charge in [0.25, 0.3) is 0 Å². The van der Waals surface area contributed by atoms with Crippen molar-refractivity contribution < 1.29 is 4.74 Å². The Kier molecular flexibility index (Phi) is 4.25. The number of nitrogens with one attached hydrogen (secondary N) is 2. The minimum Gasteiger partial charge on any atom is -0.378 e. The summed E-state index contributed by atoms with van der Waals surface area (Å²) in [5, 5.41) is 6.67. The average Bonchev–Trinajstić information content (AvgIpc) is 3.01. The predicted octanol–water partition coefficient (Wildman–Crippen LogP) is 1.53. The van der Waals surface area contributed by atoms with Crippen LogP contribution in [0.2, 0.25) is 0 Å². The van der Waals surface area contributed by atoms with Gasteiger partial charge in [-0.15, -0.1) is 0 Å². The zero-order chi connectivity index (χ0) is 12.9. The number of aromatic nitrogens is 2. The lowest BCUT2D eigenvalue weighted by molar-refractivity contribution is 0.0806. The van der Waals surface area contributed by atoms with E-state index in [0.717, 1.165) is 26.3 Å². The van der Waals surface area contributed by atoms with Crippen LogP contribution in [0.3, 0.4) is 0 Å². The van der Waals surface area contributed by atoms with Crippen molar-refractivity contribution >= 4 is 5.95 Å². The number of nitrogens with zero attached hydrogens (tertiary/aromatic N) is 2. The van der Waals surface area contributed by atoms with E-state index in [1.807, 2.05) is 12.4 Å². The van der Waals surface area contributed by atoms with Crippen LogP contribution in [0.1, 0.15) is 37.2 Å². The van der Waals surface area contributed by atoms with Crippen molar-refractivity contribution in [1.29, 1.82) is 0 Å². The molecule has 0 aromatic carbocycles. The first-order chi connectivity index (χ1) is 9.42. The highest BCUT2D eigenvalue weighted by Crippen LogP contribution is 2.33. The smallest absolute Gasteiger partial charge is 0.222 e. The van der Waals surface area contributed by atoms with Crippen LogP contribution in [0, 0.1) is 0 Å². The van der Waals surface area contributed by atoms with Crippen molar-refractivity contribution in [2.45, 2.75) is 37.6 Å². The first kappa shape index (κ1) is 12.8. The molecule has 5 heteroatoms.